The minimum Gasteiger partial charge on any atom is -0.496 e. The lowest BCUT2D eigenvalue weighted by Crippen LogP contribution is -2.19. The van der Waals surface area contributed by atoms with Gasteiger partial charge in [-0.3, -0.25) is 4.79 Å². The Morgan fingerprint density at radius 2 is 2.00 bits per heavy atom. The third-order valence-electron chi connectivity index (χ3n) is 4.21. The van der Waals surface area contributed by atoms with Gasteiger partial charge in [-0.1, -0.05) is 6.07 Å². The van der Waals surface area contributed by atoms with Crippen LogP contribution in [-0.4, -0.2) is 44.4 Å². The van der Waals surface area contributed by atoms with E-state index >= 15 is 0 Å². The summed E-state index contributed by atoms with van der Waals surface area (Å²) in [5, 5.41) is 6.06. The number of rotatable bonds is 7. The fourth-order valence-corrected chi connectivity index (χ4v) is 2.86. The first-order valence-electron chi connectivity index (χ1n) is 8.55. The molecule has 1 aromatic heterocycles. The molecule has 1 amide bonds. The van der Waals surface area contributed by atoms with Crippen LogP contribution in [0.2, 0.25) is 0 Å². The molecule has 2 heterocycles. The molecule has 1 saturated heterocycles. The summed E-state index contributed by atoms with van der Waals surface area (Å²) in [6.07, 6.45) is 4.03. The van der Waals surface area contributed by atoms with Crippen LogP contribution in [0.15, 0.2) is 36.5 Å². The summed E-state index contributed by atoms with van der Waals surface area (Å²) in [7, 11) is 3.03. The molecule has 0 aliphatic carbocycles. The standard InChI is InChI=1S/C19H23N3O4/c1-24-15-6-3-7-16(25-2)18(15)19(23)22-13-8-9-17(20-11-13)21-12-14-5-4-10-26-14/h3,6-9,11,14H,4-5,10,12H2,1-2H3,(H,20,21)(H,22,23). The van der Waals surface area contributed by atoms with Crippen LogP contribution in [0.25, 0.3) is 0 Å². The normalized spacial score (nSPS) is 16.2. The van der Waals surface area contributed by atoms with Crippen LogP contribution < -0.4 is 20.1 Å². The zero-order chi connectivity index (χ0) is 18.4. The average Bonchev–Trinajstić information content (AvgIpc) is 3.20. The fourth-order valence-electron chi connectivity index (χ4n) is 2.86. The number of anilines is 2. The fraction of sp³-hybridized carbons (Fsp3) is 0.368. The van der Waals surface area contributed by atoms with E-state index in [-0.39, 0.29) is 12.0 Å². The first kappa shape index (κ1) is 18.0. The Morgan fingerprint density at radius 1 is 1.23 bits per heavy atom. The Hall–Kier alpha value is -2.80. The van der Waals surface area contributed by atoms with Crippen molar-refractivity contribution in [3.63, 3.8) is 0 Å². The summed E-state index contributed by atoms with van der Waals surface area (Å²) in [4.78, 5) is 17.0. The Morgan fingerprint density at radius 3 is 2.58 bits per heavy atom. The van der Waals surface area contributed by atoms with Crippen molar-refractivity contribution < 1.29 is 19.0 Å². The van der Waals surface area contributed by atoms with Crippen LogP contribution in [0.1, 0.15) is 23.2 Å². The molecule has 1 atom stereocenters. The smallest absolute Gasteiger partial charge is 0.263 e. The molecule has 0 saturated carbocycles. The molecule has 1 fully saturated rings. The predicted molar refractivity (Wildman–Crippen MR) is 99.2 cm³/mol. The van der Waals surface area contributed by atoms with Gasteiger partial charge in [0.05, 0.1) is 32.2 Å². The van der Waals surface area contributed by atoms with Crippen LogP contribution >= 0.6 is 0 Å². The van der Waals surface area contributed by atoms with Gasteiger partial charge in [0.15, 0.2) is 0 Å². The zero-order valence-corrected chi connectivity index (χ0v) is 15.0. The van der Waals surface area contributed by atoms with Crippen LogP contribution in [-0.2, 0) is 4.74 Å². The Bertz CT molecular complexity index is 721. The zero-order valence-electron chi connectivity index (χ0n) is 15.0. The summed E-state index contributed by atoms with van der Waals surface area (Å²) in [5.74, 6) is 1.32. The molecule has 7 heteroatoms. The van der Waals surface area contributed by atoms with E-state index in [1.54, 1.807) is 30.5 Å². The quantitative estimate of drug-likeness (QED) is 0.793. The predicted octanol–water partition coefficient (Wildman–Crippen LogP) is 2.94. The lowest BCUT2D eigenvalue weighted by Gasteiger charge is -2.14. The summed E-state index contributed by atoms with van der Waals surface area (Å²) in [6.45, 7) is 1.56. The molecule has 1 aliphatic heterocycles. The van der Waals surface area contributed by atoms with E-state index in [2.05, 4.69) is 15.6 Å². The van der Waals surface area contributed by atoms with E-state index in [0.717, 1.165) is 31.8 Å². The van der Waals surface area contributed by atoms with E-state index in [4.69, 9.17) is 14.2 Å². The van der Waals surface area contributed by atoms with Crippen LogP contribution in [0.5, 0.6) is 11.5 Å². The summed E-state index contributed by atoms with van der Waals surface area (Å²) in [5.41, 5.74) is 0.934. The minimum absolute atomic E-state index is 0.245. The maximum Gasteiger partial charge on any atom is 0.263 e. The second-order valence-corrected chi connectivity index (χ2v) is 5.94. The molecule has 2 N–H and O–H groups in total. The third kappa shape index (κ3) is 4.23. The van der Waals surface area contributed by atoms with Gasteiger partial charge in [0, 0.05) is 13.2 Å². The summed E-state index contributed by atoms with van der Waals surface area (Å²) >= 11 is 0. The average molecular weight is 357 g/mol. The molecule has 3 rings (SSSR count). The SMILES string of the molecule is COc1cccc(OC)c1C(=O)Nc1ccc(NCC2CCCO2)nc1. The summed E-state index contributed by atoms with van der Waals surface area (Å²) in [6, 6.07) is 8.82. The van der Waals surface area contributed by atoms with Crippen LogP contribution in [0.3, 0.4) is 0 Å². The maximum absolute atomic E-state index is 12.6. The monoisotopic (exact) mass is 357 g/mol. The van der Waals surface area contributed by atoms with Crippen molar-refractivity contribution in [1.82, 2.24) is 4.98 Å². The number of nitrogens with one attached hydrogen (secondary N) is 2. The molecule has 0 bridgehead atoms. The van der Waals surface area contributed by atoms with Crippen molar-refractivity contribution in [2.75, 3.05) is 38.0 Å². The third-order valence-corrected chi connectivity index (χ3v) is 4.21. The van der Waals surface area contributed by atoms with E-state index in [1.807, 2.05) is 6.07 Å². The van der Waals surface area contributed by atoms with E-state index < -0.39 is 0 Å². The van der Waals surface area contributed by atoms with E-state index in [0.29, 0.717) is 22.7 Å². The number of amides is 1. The largest absolute Gasteiger partial charge is 0.496 e. The molecule has 1 unspecified atom stereocenters. The molecule has 26 heavy (non-hydrogen) atoms. The number of hydrogen-bond acceptors (Lipinski definition) is 6. The van der Waals surface area contributed by atoms with Crippen molar-refractivity contribution in [3.05, 3.63) is 42.1 Å². The molecule has 0 spiro atoms. The number of pyridine rings is 1. The maximum atomic E-state index is 12.6. The van der Waals surface area contributed by atoms with Gasteiger partial charge in [0.2, 0.25) is 0 Å². The lowest BCUT2D eigenvalue weighted by molar-refractivity contribution is 0.102. The number of nitrogens with zero attached hydrogens (tertiary/aromatic N) is 1. The van der Waals surface area contributed by atoms with E-state index in [9.17, 15) is 4.79 Å². The molecule has 0 radical (unpaired) electrons. The second-order valence-electron chi connectivity index (χ2n) is 5.94. The molecule has 138 valence electrons. The van der Waals surface area contributed by atoms with Crippen molar-refractivity contribution in [2.24, 2.45) is 0 Å². The Labute approximate surface area is 152 Å². The molecular formula is C19H23N3O4. The molecule has 1 aliphatic rings. The van der Waals surface area contributed by atoms with Crippen LogP contribution in [0.4, 0.5) is 11.5 Å². The van der Waals surface area contributed by atoms with Crippen molar-refractivity contribution in [2.45, 2.75) is 18.9 Å². The molecule has 7 nitrogen and oxygen atoms in total. The highest BCUT2D eigenvalue weighted by molar-refractivity contribution is 6.08. The highest BCUT2D eigenvalue weighted by Gasteiger charge is 2.18. The highest BCUT2D eigenvalue weighted by atomic mass is 16.5. The van der Waals surface area contributed by atoms with Gasteiger partial charge in [-0.2, -0.15) is 0 Å². The second kappa shape index (κ2) is 8.53. The van der Waals surface area contributed by atoms with Gasteiger partial charge in [0.25, 0.3) is 5.91 Å². The van der Waals surface area contributed by atoms with Crippen molar-refractivity contribution in [1.29, 1.82) is 0 Å². The van der Waals surface area contributed by atoms with Crippen molar-refractivity contribution in [3.8, 4) is 11.5 Å². The van der Waals surface area contributed by atoms with E-state index in [1.165, 1.54) is 14.2 Å². The van der Waals surface area contributed by atoms with Gasteiger partial charge in [-0.25, -0.2) is 4.98 Å². The Balaban J connectivity index is 1.64. The van der Waals surface area contributed by atoms with Gasteiger partial charge in [-0.05, 0) is 37.1 Å². The number of hydrogen-bond donors (Lipinski definition) is 2. The first-order valence-corrected chi connectivity index (χ1v) is 8.55. The van der Waals surface area contributed by atoms with Gasteiger partial charge < -0.3 is 24.8 Å². The summed E-state index contributed by atoms with van der Waals surface area (Å²) < 4.78 is 16.1. The number of aromatic nitrogens is 1. The number of carbonyl (C=O) groups excluding carboxylic acids is 1. The highest BCUT2D eigenvalue weighted by Crippen LogP contribution is 2.29. The molecule has 2 aromatic rings. The van der Waals surface area contributed by atoms with Gasteiger partial charge >= 0.3 is 0 Å². The van der Waals surface area contributed by atoms with Gasteiger partial charge in [-0.15, -0.1) is 0 Å². The Kier molecular flexibility index (Phi) is 5.91. The van der Waals surface area contributed by atoms with Gasteiger partial charge in [0.1, 0.15) is 22.9 Å². The topological polar surface area (TPSA) is 81.7 Å². The number of ether oxygens (including phenoxy) is 3. The number of methoxy groups -OCH3 is 2. The lowest BCUT2D eigenvalue weighted by atomic mass is 10.1. The first-order chi connectivity index (χ1) is 12.7. The van der Waals surface area contributed by atoms with Crippen molar-refractivity contribution >= 4 is 17.4 Å². The number of benzene rings is 1. The minimum atomic E-state index is -0.318. The molecule has 1 aromatic carbocycles. The number of carbonyl (C=O) groups is 1. The van der Waals surface area contributed by atoms with Crippen LogP contribution in [0, 0.1) is 0 Å². The molecular weight excluding hydrogens is 334 g/mol.